The third-order valence-electron chi connectivity index (χ3n) is 1.71. The number of hydrogen-bond acceptors (Lipinski definition) is 1. The second-order valence-corrected chi connectivity index (χ2v) is 2.99. The lowest BCUT2D eigenvalue weighted by molar-refractivity contribution is 0.794. The van der Waals surface area contributed by atoms with Crippen LogP contribution in [0.5, 0.6) is 0 Å². The van der Waals surface area contributed by atoms with Crippen LogP contribution in [0.1, 0.15) is 13.8 Å². The fraction of sp³-hybridized carbons (Fsp3) is 0.273. The molecule has 0 heterocycles. The van der Waals surface area contributed by atoms with E-state index in [1.807, 2.05) is 12.2 Å². The largest absolute Gasteiger partial charge is 0.192 e. The summed E-state index contributed by atoms with van der Waals surface area (Å²) in [6, 6.07) is 2.09. The molecular weight excluding hydrogens is 146 g/mol. The monoisotopic (exact) mass is 157 g/mol. The van der Waals surface area contributed by atoms with Gasteiger partial charge in [0.1, 0.15) is 0 Å². The third-order valence-corrected chi connectivity index (χ3v) is 1.71. The molecular formula is C11H11N. The molecule has 0 aromatic heterocycles. The van der Waals surface area contributed by atoms with Crippen LogP contribution < -0.4 is 0 Å². The summed E-state index contributed by atoms with van der Waals surface area (Å²) in [6.07, 6.45) is 7.34. The minimum atomic E-state index is 0.462. The van der Waals surface area contributed by atoms with Crippen LogP contribution in [0.4, 0.5) is 0 Å². The van der Waals surface area contributed by atoms with Crippen LogP contribution >= 0.6 is 0 Å². The quantitative estimate of drug-likeness (QED) is 0.537. The summed E-state index contributed by atoms with van der Waals surface area (Å²) in [5.74, 6) is 0.462. The van der Waals surface area contributed by atoms with Gasteiger partial charge in [0.15, 0.2) is 0 Å². The van der Waals surface area contributed by atoms with Crippen molar-refractivity contribution in [3.8, 4) is 6.07 Å². The van der Waals surface area contributed by atoms with E-state index in [9.17, 15) is 0 Å². The normalized spacial score (nSPS) is 15.2. The van der Waals surface area contributed by atoms with Crippen LogP contribution in [-0.4, -0.2) is 0 Å². The first-order chi connectivity index (χ1) is 5.74. The molecule has 1 nitrogen and oxygen atoms in total. The molecule has 0 N–H and O–H groups in total. The number of rotatable bonds is 1. The average Bonchev–Trinajstić information content (AvgIpc) is 2.28. The van der Waals surface area contributed by atoms with Crippen LogP contribution in [0.15, 0.2) is 41.2 Å². The summed E-state index contributed by atoms with van der Waals surface area (Å²) < 4.78 is 0. The molecule has 0 atom stereocenters. The van der Waals surface area contributed by atoms with Crippen LogP contribution in [0.3, 0.4) is 0 Å². The van der Waals surface area contributed by atoms with Crippen molar-refractivity contribution in [2.24, 2.45) is 5.92 Å². The van der Waals surface area contributed by atoms with Gasteiger partial charge in [-0.3, -0.25) is 0 Å². The number of allylic oxidation sites excluding steroid dienone is 5. The molecule has 0 radical (unpaired) electrons. The first-order valence-corrected chi connectivity index (χ1v) is 3.99. The van der Waals surface area contributed by atoms with Crippen molar-refractivity contribution in [3.63, 3.8) is 0 Å². The first-order valence-electron chi connectivity index (χ1n) is 3.99. The van der Waals surface area contributed by atoms with Gasteiger partial charge in [0.05, 0.1) is 11.6 Å². The maximum absolute atomic E-state index is 8.61. The van der Waals surface area contributed by atoms with E-state index in [0.29, 0.717) is 11.5 Å². The highest BCUT2D eigenvalue weighted by Gasteiger charge is 1.99. The predicted octanol–water partition coefficient (Wildman–Crippen LogP) is 2.74. The van der Waals surface area contributed by atoms with Crippen molar-refractivity contribution in [2.45, 2.75) is 13.8 Å². The van der Waals surface area contributed by atoms with Gasteiger partial charge in [-0.25, -0.2) is 0 Å². The summed E-state index contributed by atoms with van der Waals surface area (Å²) in [5, 5.41) is 8.61. The van der Waals surface area contributed by atoms with E-state index in [1.54, 1.807) is 12.2 Å². The summed E-state index contributed by atoms with van der Waals surface area (Å²) in [6.45, 7) is 4.22. The van der Waals surface area contributed by atoms with E-state index in [2.05, 4.69) is 25.6 Å². The topological polar surface area (TPSA) is 23.8 Å². The average molecular weight is 157 g/mol. The molecule has 0 aliphatic heterocycles. The van der Waals surface area contributed by atoms with E-state index < -0.39 is 0 Å². The molecule has 0 bridgehead atoms. The van der Waals surface area contributed by atoms with E-state index >= 15 is 0 Å². The summed E-state index contributed by atoms with van der Waals surface area (Å²) in [7, 11) is 0. The van der Waals surface area contributed by atoms with Gasteiger partial charge in [0, 0.05) is 0 Å². The van der Waals surface area contributed by atoms with Gasteiger partial charge in [-0.05, 0) is 35.8 Å². The van der Waals surface area contributed by atoms with Crippen molar-refractivity contribution < 1.29 is 0 Å². The highest BCUT2D eigenvalue weighted by Crippen LogP contribution is 2.12. The first kappa shape index (κ1) is 8.59. The van der Waals surface area contributed by atoms with E-state index in [1.165, 1.54) is 0 Å². The Morgan fingerprint density at radius 1 is 1.42 bits per heavy atom. The molecule has 0 unspecified atom stereocenters. The Labute approximate surface area is 73.0 Å². The third kappa shape index (κ3) is 1.99. The Morgan fingerprint density at radius 2 is 2.17 bits per heavy atom. The molecule has 1 aliphatic rings. The van der Waals surface area contributed by atoms with Gasteiger partial charge >= 0.3 is 0 Å². The number of hydrogen-bond donors (Lipinski definition) is 0. The van der Waals surface area contributed by atoms with Crippen molar-refractivity contribution >= 4 is 0 Å². The Morgan fingerprint density at radius 3 is 2.75 bits per heavy atom. The molecule has 1 heteroatoms. The zero-order valence-electron chi connectivity index (χ0n) is 7.33. The van der Waals surface area contributed by atoms with Crippen molar-refractivity contribution in [3.05, 3.63) is 41.2 Å². The summed E-state index contributed by atoms with van der Waals surface area (Å²) in [5.41, 5.74) is 4.94. The fourth-order valence-corrected chi connectivity index (χ4v) is 0.945. The van der Waals surface area contributed by atoms with Crippen molar-refractivity contribution in [1.29, 1.82) is 5.26 Å². The molecule has 60 valence electrons. The van der Waals surface area contributed by atoms with Crippen LogP contribution in [0.25, 0.3) is 0 Å². The van der Waals surface area contributed by atoms with Crippen LogP contribution in [0.2, 0.25) is 0 Å². The summed E-state index contributed by atoms with van der Waals surface area (Å²) in [4.78, 5) is 0. The van der Waals surface area contributed by atoms with Gasteiger partial charge < -0.3 is 0 Å². The van der Waals surface area contributed by atoms with E-state index in [0.717, 1.165) is 5.57 Å². The Kier molecular flexibility index (Phi) is 2.69. The van der Waals surface area contributed by atoms with Gasteiger partial charge in [0.25, 0.3) is 0 Å². The molecule has 0 aromatic rings. The van der Waals surface area contributed by atoms with Gasteiger partial charge in [0.2, 0.25) is 0 Å². The molecule has 0 fully saturated rings. The minimum Gasteiger partial charge on any atom is -0.192 e. The zero-order valence-corrected chi connectivity index (χ0v) is 7.33. The Bertz CT molecular complexity index is 329. The van der Waals surface area contributed by atoms with Crippen LogP contribution in [0, 0.1) is 17.2 Å². The summed E-state index contributed by atoms with van der Waals surface area (Å²) >= 11 is 0. The number of nitrogens with zero attached hydrogens (tertiary/aromatic N) is 1. The fourth-order valence-electron chi connectivity index (χ4n) is 0.945. The van der Waals surface area contributed by atoms with Crippen molar-refractivity contribution in [2.75, 3.05) is 0 Å². The number of nitriles is 1. The lowest BCUT2D eigenvalue weighted by atomic mass is 10.0. The molecule has 0 amide bonds. The Balaban J connectivity index is 2.94. The smallest absolute Gasteiger partial charge is 0.0991 e. The SMILES string of the molecule is CC(C)C1=C=CC=C(C#N)C=C1. The van der Waals surface area contributed by atoms with Crippen LogP contribution in [-0.2, 0) is 0 Å². The van der Waals surface area contributed by atoms with E-state index in [-0.39, 0.29) is 0 Å². The van der Waals surface area contributed by atoms with Gasteiger partial charge in [-0.2, -0.15) is 5.26 Å². The molecule has 0 saturated heterocycles. The second-order valence-electron chi connectivity index (χ2n) is 2.99. The Hall–Kier alpha value is -1.51. The van der Waals surface area contributed by atoms with Gasteiger partial charge in [-0.1, -0.05) is 13.8 Å². The lowest BCUT2D eigenvalue weighted by Crippen LogP contribution is -1.87. The molecule has 0 aromatic carbocycles. The molecule has 0 spiro atoms. The highest BCUT2D eigenvalue weighted by molar-refractivity contribution is 5.41. The lowest BCUT2D eigenvalue weighted by Gasteiger charge is -2.00. The van der Waals surface area contributed by atoms with E-state index in [4.69, 9.17) is 5.26 Å². The highest BCUT2D eigenvalue weighted by atomic mass is 14.2. The predicted molar refractivity (Wildman–Crippen MR) is 49.3 cm³/mol. The molecule has 12 heavy (non-hydrogen) atoms. The zero-order chi connectivity index (χ0) is 8.97. The second kappa shape index (κ2) is 3.76. The van der Waals surface area contributed by atoms with Crippen molar-refractivity contribution in [1.82, 2.24) is 0 Å². The molecule has 0 saturated carbocycles. The maximum atomic E-state index is 8.61. The standard InChI is InChI=1S/C11H11N/c1-9(2)11-5-3-4-10(8-12)6-7-11/h3-4,6-7,9H,1-2H3. The molecule has 1 aliphatic carbocycles. The molecule has 1 rings (SSSR count). The minimum absolute atomic E-state index is 0.462. The van der Waals surface area contributed by atoms with Gasteiger partial charge in [-0.15, -0.1) is 5.73 Å². The maximum Gasteiger partial charge on any atom is 0.0991 e.